The highest BCUT2D eigenvalue weighted by Crippen LogP contribution is 2.26. The minimum Gasteiger partial charge on any atom is -0.598 e. The zero-order valence-corrected chi connectivity index (χ0v) is 16.9. The Morgan fingerprint density at radius 1 is 1.12 bits per heavy atom. The first-order valence-electron chi connectivity index (χ1n) is 8.29. The van der Waals surface area contributed by atoms with Crippen molar-refractivity contribution in [2.45, 2.75) is 13.1 Å². The number of halogens is 1. The van der Waals surface area contributed by atoms with E-state index in [1.54, 1.807) is 14.2 Å². The van der Waals surface area contributed by atoms with E-state index >= 15 is 0 Å². The average molecular weight is 397 g/mol. The number of benzene rings is 2. The van der Waals surface area contributed by atoms with Crippen LogP contribution >= 0.6 is 11.6 Å². The Balaban J connectivity index is 1.78. The third kappa shape index (κ3) is 6.37. The molecule has 0 aliphatic carbocycles. The topological polar surface area (TPSA) is 56.8 Å². The van der Waals surface area contributed by atoms with Gasteiger partial charge in [0.05, 0.1) is 20.8 Å². The Morgan fingerprint density at radius 2 is 1.85 bits per heavy atom. The van der Waals surface area contributed by atoms with Crippen LogP contribution in [-0.2, 0) is 24.5 Å². The van der Waals surface area contributed by atoms with E-state index < -0.39 is 11.4 Å². The number of hydrogen-bond acceptors (Lipinski definition) is 5. The summed E-state index contributed by atoms with van der Waals surface area (Å²) in [6, 6.07) is 13.3. The van der Waals surface area contributed by atoms with Crippen molar-refractivity contribution in [3.63, 3.8) is 0 Å². The lowest BCUT2D eigenvalue weighted by atomic mass is 10.2. The van der Waals surface area contributed by atoms with E-state index in [1.165, 1.54) is 0 Å². The van der Waals surface area contributed by atoms with Gasteiger partial charge in [0.1, 0.15) is 17.3 Å². The zero-order valence-electron chi connectivity index (χ0n) is 15.3. The molecule has 0 heterocycles. The van der Waals surface area contributed by atoms with Crippen molar-refractivity contribution in [1.29, 1.82) is 0 Å². The second-order valence-electron chi connectivity index (χ2n) is 5.79. The van der Waals surface area contributed by atoms with Crippen LogP contribution in [0.3, 0.4) is 0 Å². The molecule has 26 heavy (non-hydrogen) atoms. The molecule has 2 aromatic rings. The molecule has 1 unspecified atom stereocenters. The third-order valence-electron chi connectivity index (χ3n) is 3.93. The molecule has 2 rings (SSSR count). The molecule has 5 nitrogen and oxygen atoms in total. The maximum absolute atomic E-state index is 12.4. The van der Waals surface area contributed by atoms with Gasteiger partial charge in [-0.2, -0.15) is 0 Å². The predicted octanol–water partition coefficient (Wildman–Crippen LogP) is 3.24. The summed E-state index contributed by atoms with van der Waals surface area (Å²) in [5.41, 5.74) is 2.12. The molecule has 142 valence electrons. The molecule has 0 fully saturated rings. The van der Waals surface area contributed by atoms with Crippen molar-refractivity contribution in [2.24, 2.45) is 0 Å². The minimum atomic E-state index is -1.08. The van der Waals surface area contributed by atoms with Crippen LogP contribution in [0.4, 0.5) is 0 Å². The van der Waals surface area contributed by atoms with Gasteiger partial charge in [0.2, 0.25) is 0 Å². The smallest absolute Gasteiger partial charge is 0.138 e. The van der Waals surface area contributed by atoms with Crippen LogP contribution in [0.5, 0.6) is 11.5 Å². The van der Waals surface area contributed by atoms with E-state index in [1.807, 2.05) is 53.8 Å². The first-order valence-corrected chi connectivity index (χ1v) is 9.94. The fourth-order valence-electron chi connectivity index (χ4n) is 2.44. The van der Waals surface area contributed by atoms with Gasteiger partial charge in [-0.15, -0.1) is 4.31 Å². The van der Waals surface area contributed by atoms with Gasteiger partial charge in [0.15, 0.2) is 0 Å². The first-order chi connectivity index (χ1) is 12.5. The van der Waals surface area contributed by atoms with Crippen LogP contribution in [0.2, 0.25) is 5.02 Å². The third-order valence-corrected chi connectivity index (χ3v) is 5.56. The molecule has 0 radical (unpaired) electrons. The highest BCUT2D eigenvalue weighted by molar-refractivity contribution is 7.89. The summed E-state index contributed by atoms with van der Waals surface area (Å²) in [5.74, 6) is 2.01. The first kappa shape index (κ1) is 20.9. The van der Waals surface area contributed by atoms with Crippen molar-refractivity contribution in [3.05, 3.63) is 58.6 Å². The lowest BCUT2D eigenvalue weighted by Gasteiger charge is -2.21. The van der Waals surface area contributed by atoms with Crippen LogP contribution in [0.1, 0.15) is 11.1 Å². The Labute approximate surface area is 163 Å². The van der Waals surface area contributed by atoms with Crippen molar-refractivity contribution in [2.75, 3.05) is 33.6 Å². The molecule has 0 aromatic heterocycles. The SMILES string of the molecule is COc1ccc(CN(C)[S+]([O-])CCNCc2ccc(Cl)cc2)c(OC)c1. The minimum absolute atomic E-state index is 0.539. The van der Waals surface area contributed by atoms with Gasteiger partial charge < -0.3 is 19.3 Å². The van der Waals surface area contributed by atoms with E-state index in [0.717, 1.165) is 34.2 Å². The molecule has 1 N–H and O–H groups in total. The predicted molar refractivity (Wildman–Crippen MR) is 107 cm³/mol. The molecule has 1 atom stereocenters. The summed E-state index contributed by atoms with van der Waals surface area (Å²) in [6.07, 6.45) is 0. The van der Waals surface area contributed by atoms with E-state index in [0.29, 0.717) is 18.8 Å². The molecule has 0 aliphatic heterocycles. The fourth-order valence-corrected chi connectivity index (χ4v) is 3.48. The Kier molecular flexibility index (Phi) is 8.54. The van der Waals surface area contributed by atoms with Crippen LogP contribution in [0, 0.1) is 0 Å². The largest absolute Gasteiger partial charge is 0.598 e. The van der Waals surface area contributed by atoms with Gasteiger partial charge in [0.25, 0.3) is 0 Å². The summed E-state index contributed by atoms with van der Waals surface area (Å²) >= 11 is 4.79. The van der Waals surface area contributed by atoms with Crippen molar-refractivity contribution < 1.29 is 14.0 Å². The number of hydrogen-bond donors (Lipinski definition) is 1. The lowest BCUT2D eigenvalue weighted by Crippen LogP contribution is -2.33. The number of nitrogens with zero attached hydrogens (tertiary/aromatic N) is 1. The van der Waals surface area contributed by atoms with Gasteiger partial charge in [0, 0.05) is 48.2 Å². The molecule has 0 amide bonds. The molecule has 0 saturated heterocycles. The number of rotatable bonds is 10. The monoisotopic (exact) mass is 396 g/mol. The molecule has 7 heteroatoms. The van der Waals surface area contributed by atoms with E-state index in [4.69, 9.17) is 21.1 Å². The quantitative estimate of drug-likeness (QED) is 0.493. The van der Waals surface area contributed by atoms with Gasteiger partial charge in [-0.1, -0.05) is 29.8 Å². The summed E-state index contributed by atoms with van der Waals surface area (Å²) in [6.45, 7) is 1.93. The van der Waals surface area contributed by atoms with Crippen LogP contribution < -0.4 is 14.8 Å². The van der Waals surface area contributed by atoms with Gasteiger partial charge >= 0.3 is 0 Å². The summed E-state index contributed by atoms with van der Waals surface area (Å²) in [4.78, 5) is 0. The maximum Gasteiger partial charge on any atom is 0.138 e. The molecule has 0 saturated carbocycles. The normalized spacial score (nSPS) is 12.2. The summed E-state index contributed by atoms with van der Waals surface area (Å²) in [7, 11) is 5.08. The Bertz CT molecular complexity index is 685. The highest BCUT2D eigenvalue weighted by Gasteiger charge is 2.17. The van der Waals surface area contributed by atoms with Crippen LogP contribution in [-0.4, -0.2) is 42.4 Å². The van der Waals surface area contributed by atoms with Gasteiger partial charge in [-0.05, 0) is 23.8 Å². The number of methoxy groups -OCH3 is 2. The Hall–Kier alpha value is -1.44. The molecule has 2 aromatic carbocycles. The Morgan fingerprint density at radius 3 is 2.50 bits per heavy atom. The van der Waals surface area contributed by atoms with Crippen LogP contribution in [0.25, 0.3) is 0 Å². The second kappa shape index (κ2) is 10.6. The maximum atomic E-state index is 12.4. The number of ether oxygens (including phenoxy) is 2. The standard InChI is InChI=1S/C19H25ClN2O3S/c1-22(14-16-6-9-18(24-2)12-19(16)25-3)26(23)11-10-21-13-15-4-7-17(20)8-5-15/h4-9,12,21H,10-11,13-14H2,1-3H3. The summed E-state index contributed by atoms with van der Waals surface area (Å²) in [5, 5.41) is 4.03. The van der Waals surface area contributed by atoms with E-state index in [2.05, 4.69) is 5.32 Å². The second-order valence-corrected chi connectivity index (χ2v) is 7.90. The molecule has 0 bridgehead atoms. The fraction of sp³-hybridized carbons (Fsp3) is 0.368. The van der Waals surface area contributed by atoms with Crippen LogP contribution in [0.15, 0.2) is 42.5 Å². The van der Waals surface area contributed by atoms with E-state index in [-0.39, 0.29) is 0 Å². The molecular weight excluding hydrogens is 372 g/mol. The molecule has 0 spiro atoms. The van der Waals surface area contributed by atoms with Crippen molar-refractivity contribution in [3.8, 4) is 11.5 Å². The lowest BCUT2D eigenvalue weighted by molar-refractivity contribution is 0.384. The van der Waals surface area contributed by atoms with Gasteiger partial charge in [-0.3, -0.25) is 0 Å². The summed E-state index contributed by atoms with van der Waals surface area (Å²) < 4.78 is 24.9. The van der Waals surface area contributed by atoms with E-state index in [9.17, 15) is 4.55 Å². The highest BCUT2D eigenvalue weighted by atomic mass is 35.5. The van der Waals surface area contributed by atoms with Crippen molar-refractivity contribution in [1.82, 2.24) is 9.62 Å². The zero-order chi connectivity index (χ0) is 18.9. The average Bonchev–Trinajstić information content (AvgIpc) is 2.66. The molecular formula is C19H25ClN2O3S. The van der Waals surface area contributed by atoms with Crippen molar-refractivity contribution >= 4 is 23.0 Å². The van der Waals surface area contributed by atoms with Gasteiger partial charge in [-0.25, -0.2) is 0 Å². The molecule has 0 aliphatic rings. The number of nitrogens with one attached hydrogen (secondary N) is 1.